The summed E-state index contributed by atoms with van der Waals surface area (Å²) in [6, 6.07) is 6.60. The molecule has 0 radical (unpaired) electrons. The Kier molecular flexibility index (Phi) is 3.44. The van der Waals surface area contributed by atoms with Gasteiger partial charge in [0.1, 0.15) is 0 Å². The first-order valence-corrected chi connectivity index (χ1v) is 6.73. The number of nitrogens with one attached hydrogen (secondary N) is 1. The van der Waals surface area contributed by atoms with Crippen molar-refractivity contribution in [3.63, 3.8) is 0 Å². The Balaban J connectivity index is 2.07. The van der Waals surface area contributed by atoms with Gasteiger partial charge in [-0.3, -0.25) is 0 Å². The largest absolute Gasteiger partial charge is 0.383 e. The lowest BCUT2D eigenvalue weighted by Gasteiger charge is -2.17. The van der Waals surface area contributed by atoms with Crippen LogP contribution in [0.25, 0.3) is 0 Å². The first kappa shape index (κ1) is 12.4. The summed E-state index contributed by atoms with van der Waals surface area (Å²) in [7, 11) is 0. The van der Waals surface area contributed by atoms with Crippen molar-refractivity contribution in [1.82, 2.24) is 0 Å². The molecule has 90 valence electrons. The van der Waals surface area contributed by atoms with Crippen LogP contribution in [0.15, 0.2) is 16.6 Å². The molecule has 0 spiro atoms. The fraction of sp³-hybridized carbons (Fsp3) is 0.500. The summed E-state index contributed by atoms with van der Waals surface area (Å²) >= 11 is 3.60. The summed E-state index contributed by atoms with van der Waals surface area (Å²) in [4.78, 5) is 0. The number of hydrogen-bond donors (Lipinski definition) is 1. The van der Waals surface area contributed by atoms with Crippen LogP contribution in [0.3, 0.4) is 0 Å². The first-order chi connectivity index (χ1) is 8.06. The molecule has 0 amide bonds. The predicted octanol–water partition coefficient (Wildman–Crippen LogP) is 4.17. The summed E-state index contributed by atoms with van der Waals surface area (Å²) in [5.41, 5.74) is 3.92. The maximum atomic E-state index is 8.80. The van der Waals surface area contributed by atoms with Crippen molar-refractivity contribution in [3.8, 4) is 6.07 Å². The third kappa shape index (κ3) is 2.81. The zero-order valence-electron chi connectivity index (χ0n) is 10.3. The Morgan fingerprint density at radius 1 is 1.41 bits per heavy atom. The molecule has 3 heteroatoms. The second-order valence-electron chi connectivity index (χ2n) is 5.13. The lowest BCUT2D eigenvalue weighted by atomic mass is 10.0. The molecule has 0 bridgehead atoms. The minimum atomic E-state index is 0.242. The molecule has 0 unspecified atom stereocenters. The number of rotatable bonds is 4. The molecule has 0 heterocycles. The van der Waals surface area contributed by atoms with Gasteiger partial charge in [0.2, 0.25) is 0 Å². The van der Waals surface area contributed by atoms with E-state index in [2.05, 4.69) is 53.3 Å². The van der Waals surface area contributed by atoms with Crippen molar-refractivity contribution in [3.05, 3.63) is 27.7 Å². The third-order valence-electron chi connectivity index (χ3n) is 3.48. The predicted molar refractivity (Wildman–Crippen MR) is 74.0 cm³/mol. The number of nitriles is 1. The maximum absolute atomic E-state index is 8.80. The topological polar surface area (TPSA) is 35.8 Å². The molecule has 1 aliphatic rings. The molecular weight excluding hydrogens is 276 g/mol. The molecule has 1 aromatic carbocycles. The highest BCUT2D eigenvalue weighted by molar-refractivity contribution is 9.10. The van der Waals surface area contributed by atoms with E-state index in [1.165, 1.54) is 29.7 Å². The maximum Gasteiger partial charge on any atom is 0.0628 e. The van der Waals surface area contributed by atoms with E-state index in [4.69, 9.17) is 5.26 Å². The Labute approximate surface area is 111 Å². The number of aryl methyl sites for hydroxylation is 2. The van der Waals surface area contributed by atoms with E-state index >= 15 is 0 Å². The van der Waals surface area contributed by atoms with Gasteiger partial charge in [0.15, 0.2) is 0 Å². The average molecular weight is 293 g/mol. The molecule has 1 saturated carbocycles. The number of hydrogen-bond acceptors (Lipinski definition) is 2. The zero-order valence-corrected chi connectivity index (χ0v) is 11.9. The van der Waals surface area contributed by atoms with Gasteiger partial charge in [0.25, 0.3) is 0 Å². The van der Waals surface area contributed by atoms with Crippen molar-refractivity contribution in [2.45, 2.75) is 33.1 Å². The third-order valence-corrected chi connectivity index (χ3v) is 4.11. The van der Waals surface area contributed by atoms with Crippen LogP contribution in [0.1, 0.15) is 30.4 Å². The van der Waals surface area contributed by atoms with E-state index in [1.54, 1.807) is 0 Å². The molecule has 1 aliphatic carbocycles. The van der Waals surface area contributed by atoms with Gasteiger partial charge in [-0.25, -0.2) is 0 Å². The van der Waals surface area contributed by atoms with Crippen LogP contribution in [0.2, 0.25) is 0 Å². The van der Waals surface area contributed by atoms with Crippen LogP contribution in [-0.4, -0.2) is 6.54 Å². The Hall–Kier alpha value is -1.01. The molecule has 17 heavy (non-hydrogen) atoms. The van der Waals surface area contributed by atoms with Crippen molar-refractivity contribution in [2.75, 3.05) is 11.9 Å². The van der Waals surface area contributed by atoms with E-state index in [0.717, 1.165) is 11.0 Å². The van der Waals surface area contributed by atoms with E-state index in [0.29, 0.717) is 6.42 Å². The number of anilines is 1. The minimum Gasteiger partial charge on any atom is -0.383 e. The lowest BCUT2D eigenvalue weighted by molar-refractivity contribution is 0.557. The highest BCUT2D eigenvalue weighted by atomic mass is 79.9. The van der Waals surface area contributed by atoms with Crippen LogP contribution in [0, 0.1) is 30.6 Å². The monoisotopic (exact) mass is 292 g/mol. The van der Waals surface area contributed by atoms with Crippen LogP contribution in [0.4, 0.5) is 5.69 Å². The highest BCUT2D eigenvalue weighted by Crippen LogP contribution is 2.48. The SMILES string of the molecule is Cc1cc(C)c(NCC2(CC#N)CC2)c(Br)c1. The van der Waals surface area contributed by atoms with Crippen molar-refractivity contribution in [2.24, 2.45) is 5.41 Å². The van der Waals surface area contributed by atoms with E-state index < -0.39 is 0 Å². The van der Waals surface area contributed by atoms with Crippen LogP contribution >= 0.6 is 15.9 Å². The van der Waals surface area contributed by atoms with Crippen LogP contribution in [-0.2, 0) is 0 Å². The number of nitrogens with zero attached hydrogens (tertiary/aromatic N) is 1. The zero-order chi connectivity index (χ0) is 12.5. The van der Waals surface area contributed by atoms with Gasteiger partial charge in [0, 0.05) is 22.9 Å². The van der Waals surface area contributed by atoms with Gasteiger partial charge < -0.3 is 5.32 Å². The number of benzene rings is 1. The first-order valence-electron chi connectivity index (χ1n) is 5.94. The van der Waals surface area contributed by atoms with Gasteiger partial charge in [-0.1, -0.05) is 6.07 Å². The van der Waals surface area contributed by atoms with Gasteiger partial charge >= 0.3 is 0 Å². The molecule has 2 nitrogen and oxygen atoms in total. The molecule has 0 aromatic heterocycles. The molecule has 1 N–H and O–H groups in total. The summed E-state index contributed by atoms with van der Waals surface area (Å²) in [6.07, 6.45) is 3.02. The Morgan fingerprint density at radius 3 is 2.65 bits per heavy atom. The quantitative estimate of drug-likeness (QED) is 0.904. The van der Waals surface area contributed by atoms with E-state index in [9.17, 15) is 0 Å². The lowest BCUT2D eigenvalue weighted by Crippen LogP contribution is -2.15. The smallest absolute Gasteiger partial charge is 0.0628 e. The van der Waals surface area contributed by atoms with E-state index in [-0.39, 0.29) is 5.41 Å². The fourth-order valence-electron chi connectivity index (χ4n) is 2.18. The fourth-order valence-corrected chi connectivity index (χ4v) is 2.99. The molecular formula is C14H17BrN2. The molecule has 0 aliphatic heterocycles. The summed E-state index contributed by atoms with van der Waals surface area (Å²) in [6.45, 7) is 5.12. The summed E-state index contributed by atoms with van der Waals surface area (Å²) < 4.78 is 1.11. The molecule has 0 saturated heterocycles. The van der Waals surface area contributed by atoms with Crippen LogP contribution < -0.4 is 5.32 Å². The minimum absolute atomic E-state index is 0.242. The second kappa shape index (κ2) is 4.70. The number of halogens is 1. The molecule has 1 aromatic rings. The summed E-state index contributed by atoms with van der Waals surface area (Å²) in [5.74, 6) is 0. The standard InChI is InChI=1S/C14H17BrN2/c1-10-7-11(2)13(12(15)8-10)17-9-14(3-4-14)5-6-16/h7-8,17H,3-5,9H2,1-2H3. The van der Waals surface area contributed by atoms with E-state index in [1.807, 2.05) is 0 Å². The van der Waals surface area contributed by atoms with Gasteiger partial charge in [0.05, 0.1) is 11.8 Å². The van der Waals surface area contributed by atoms with Crippen molar-refractivity contribution in [1.29, 1.82) is 5.26 Å². The van der Waals surface area contributed by atoms with Crippen molar-refractivity contribution < 1.29 is 0 Å². The molecule has 0 atom stereocenters. The van der Waals surface area contributed by atoms with Gasteiger partial charge in [-0.05, 0) is 59.8 Å². The second-order valence-corrected chi connectivity index (χ2v) is 5.98. The van der Waals surface area contributed by atoms with Gasteiger partial charge in [-0.15, -0.1) is 0 Å². The highest BCUT2D eigenvalue weighted by Gasteiger charge is 2.42. The average Bonchev–Trinajstić information content (AvgIpc) is 2.97. The Morgan fingerprint density at radius 2 is 2.12 bits per heavy atom. The molecule has 1 fully saturated rings. The van der Waals surface area contributed by atoms with Crippen LogP contribution in [0.5, 0.6) is 0 Å². The molecule has 2 rings (SSSR count). The Bertz CT molecular complexity index is 447. The van der Waals surface area contributed by atoms with Crippen molar-refractivity contribution >= 4 is 21.6 Å². The summed E-state index contributed by atoms with van der Waals surface area (Å²) in [5, 5.41) is 12.3. The van der Waals surface area contributed by atoms with Gasteiger partial charge in [-0.2, -0.15) is 5.26 Å². The normalized spacial score (nSPS) is 16.4.